The van der Waals surface area contributed by atoms with E-state index in [0.717, 1.165) is 12.1 Å². The zero-order chi connectivity index (χ0) is 14.7. The lowest BCUT2D eigenvalue weighted by atomic mass is 10.1. The van der Waals surface area contributed by atoms with Crippen molar-refractivity contribution in [1.29, 1.82) is 0 Å². The minimum absolute atomic E-state index is 0.644. The summed E-state index contributed by atoms with van der Waals surface area (Å²) < 4.78 is 0. The highest BCUT2D eigenvalue weighted by molar-refractivity contribution is 7.07. The van der Waals surface area contributed by atoms with Crippen molar-refractivity contribution in [3.8, 4) is 0 Å². The minimum atomic E-state index is -0.920. The topological polar surface area (TPSA) is 40.5 Å². The molecule has 1 aliphatic carbocycles. The second-order valence-corrected chi connectivity index (χ2v) is 6.03. The molecule has 0 spiro atoms. The average molecular weight is 299 g/mol. The fraction of sp³-hybridized carbons (Fsp3) is 0.235. The van der Waals surface area contributed by atoms with Gasteiger partial charge in [0.05, 0.1) is 0 Å². The third kappa shape index (κ3) is 3.73. The number of carboxylic acid groups (broad SMARTS) is 1. The van der Waals surface area contributed by atoms with Gasteiger partial charge in [-0.05, 0) is 59.0 Å². The van der Waals surface area contributed by atoms with Crippen molar-refractivity contribution in [2.24, 2.45) is 0 Å². The number of carboxylic acids is 1. The van der Waals surface area contributed by atoms with Crippen LogP contribution >= 0.6 is 11.3 Å². The van der Waals surface area contributed by atoms with E-state index >= 15 is 0 Å². The second-order valence-electron chi connectivity index (χ2n) is 5.25. The summed E-state index contributed by atoms with van der Waals surface area (Å²) in [4.78, 5) is 13.0. The highest BCUT2D eigenvalue weighted by Gasteiger charge is 2.29. The maximum atomic E-state index is 10.5. The van der Waals surface area contributed by atoms with E-state index < -0.39 is 5.97 Å². The predicted molar refractivity (Wildman–Crippen MR) is 86.6 cm³/mol. The van der Waals surface area contributed by atoms with Crippen LogP contribution in [0.4, 0.5) is 5.69 Å². The molecule has 1 heterocycles. The lowest BCUT2D eigenvalue weighted by molar-refractivity contribution is -0.131. The maximum Gasteiger partial charge on any atom is 0.328 e. The Kier molecular flexibility index (Phi) is 4.06. The van der Waals surface area contributed by atoms with E-state index in [2.05, 4.69) is 33.9 Å². The summed E-state index contributed by atoms with van der Waals surface area (Å²) in [5.74, 6) is -0.920. The number of benzene rings is 1. The van der Waals surface area contributed by atoms with Crippen LogP contribution in [0.5, 0.6) is 0 Å². The van der Waals surface area contributed by atoms with Gasteiger partial charge in [0.1, 0.15) is 0 Å². The van der Waals surface area contributed by atoms with E-state index in [0.29, 0.717) is 6.04 Å². The van der Waals surface area contributed by atoms with Crippen molar-refractivity contribution in [1.82, 2.24) is 0 Å². The Bertz CT molecular complexity index is 627. The first kappa shape index (κ1) is 13.9. The molecule has 1 saturated carbocycles. The van der Waals surface area contributed by atoms with Crippen LogP contribution in [0.25, 0.3) is 6.08 Å². The van der Waals surface area contributed by atoms with Crippen LogP contribution in [0.3, 0.4) is 0 Å². The standard InChI is InChI=1S/C17H17NO2S/c19-17(20)8-3-13-1-4-15(5-2-13)18(16-6-7-16)11-14-9-10-21-12-14/h1-5,8-10,12,16H,6-7,11H2,(H,19,20). The molecule has 0 radical (unpaired) electrons. The van der Waals surface area contributed by atoms with Crippen LogP contribution in [0.2, 0.25) is 0 Å². The third-order valence-corrected chi connectivity index (χ3v) is 4.30. The number of hydrogen-bond acceptors (Lipinski definition) is 3. The summed E-state index contributed by atoms with van der Waals surface area (Å²) >= 11 is 1.73. The molecule has 0 bridgehead atoms. The zero-order valence-electron chi connectivity index (χ0n) is 11.6. The van der Waals surface area contributed by atoms with Crippen molar-refractivity contribution in [2.75, 3.05) is 4.90 Å². The molecule has 1 N–H and O–H groups in total. The lowest BCUT2D eigenvalue weighted by Gasteiger charge is -2.24. The van der Waals surface area contributed by atoms with Gasteiger partial charge in [-0.25, -0.2) is 4.79 Å². The van der Waals surface area contributed by atoms with E-state index in [1.165, 1.54) is 30.2 Å². The van der Waals surface area contributed by atoms with Gasteiger partial charge in [0.25, 0.3) is 0 Å². The van der Waals surface area contributed by atoms with Crippen molar-refractivity contribution >= 4 is 29.1 Å². The van der Waals surface area contributed by atoms with Crippen LogP contribution in [0.15, 0.2) is 47.2 Å². The van der Waals surface area contributed by atoms with Crippen molar-refractivity contribution in [3.05, 3.63) is 58.3 Å². The van der Waals surface area contributed by atoms with Crippen molar-refractivity contribution in [3.63, 3.8) is 0 Å². The number of rotatable bonds is 6. The molecule has 1 aliphatic rings. The SMILES string of the molecule is O=C(O)C=Cc1ccc(N(Cc2ccsc2)C2CC2)cc1. The Morgan fingerprint density at radius 1 is 1.29 bits per heavy atom. The summed E-state index contributed by atoms with van der Waals surface area (Å²) in [5.41, 5.74) is 3.46. The van der Waals surface area contributed by atoms with Gasteiger partial charge in [0.2, 0.25) is 0 Å². The second kappa shape index (κ2) is 6.14. The van der Waals surface area contributed by atoms with Gasteiger partial charge in [-0.3, -0.25) is 0 Å². The van der Waals surface area contributed by atoms with Crippen LogP contribution in [-0.4, -0.2) is 17.1 Å². The molecule has 0 saturated heterocycles. The highest BCUT2D eigenvalue weighted by atomic mass is 32.1. The molecule has 2 aromatic rings. The Morgan fingerprint density at radius 2 is 2.05 bits per heavy atom. The van der Waals surface area contributed by atoms with E-state index in [4.69, 9.17) is 5.11 Å². The average Bonchev–Trinajstić information content (AvgIpc) is 3.20. The summed E-state index contributed by atoms with van der Waals surface area (Å²) in [7, 11) is 0. The first-order valence-electron chi connectivity index (χ1n) is 7.01. The van der Waals surface area contributed by atoms with Crippen molar-refractivity contribution < 1.29 is 9.90 Å². The molecule has 1 aromatic carbocycles. The van der Waals surface area contributed by atoms with E-state index in [1.807, 2.05) is 12.1 Å². The molecule has 0 atom stereocenters. The Morgan fingerprint density at radius 3 is 2.62 bits per heavy atom. The smallest absolute Gasteiger partial charge is 0.328 e. The highest BCUT2D eigenvalue weighted by Crippen LogP contribution is 2.33. The van der Waals surface area contributed by atoms with Gasteiger partial charge in [-0.2, -0.15) is 11.3 Å². The number of nitrogens with zero attached hydrogens (tertiary/aromatic N) is 1. The Hall–Kier alpha value is -2.07. The van der Waals surface area contributed by atoms with Crippen molar-refractivity contribution in [2.45, 2.75) is 25.4 Å². The van der Waals surface area contributed by atoms with Gasteiger partial charge >= 0.3 is 5.97 Å². The van der Waals surface area contributed by atoms with Crippen LogP contribution in [0.1, 0.15) is 24.0 Å². The van der Waals surface area contributed by atoms with Gasteiger partial charge in [0.15, 0.2) is 0 Å². The summed E-state index contributed by atoms with van der Waals surface area (Å²) in [5, 5.41) is 13.0. The molecular weight excluding hydrogens is 282 g/mol. The number of anilines is 1. The number of hydrogen-bond donors (Lipinski definition) is 1. The van der Waals surface area contributed by atoms with E-state index in [1.54, 1.807) is 17.4 Å². The zero-order valence-corrected chi connectivity index (χ0v) is 12.4. The monoisotopic (exact) mass is 299 g/mol. The molecule has 1 aromatic heterocycles. The summed E-state index contributed by atoms with van der Waals surface area (Å²) in [6, 6.07) is 10.9. The number of thiophene rings is 1. The molecule has 4 heteroatoms. The molecule has 3 nitrogen and oxygen atoms in total. The predicted octanol–water partition coefficient (Wildman–Crippen LogP) is 4.01. The molecule has 0 amide bonds. The summed E-state index contributed by atoms with van der Waals surface area (Å²) in [6.45, 7) is 0.943. The van der Waals surface area contributed by atoms with Gasteiger partial charge in [-0.15, -0.1) is 0 Å². The molecule has 3 rings (SSSR count). The quantitative estimate of drug-likeness (QED) is 0.819. The molecule has 0 unspecified atom stereocenters. The van der Waals surface area contributed by atoms with Gasteiger partial charge < -0.3 is 10.0 Å². The largest absolute Gasteiger partial charge is 0.478 e. The molecule has 21 heavy (non-hydrogen) atoms. The van der Waals surface area contributed by atoms with Crippen LogP contribution < -0.4 is 4.90 Å². The number of carbonyl (C=O) groups is 1. The van der Waals surface area contributed by atoms with Gasteiger partial charge in [0, 0.05) is 24.4 Å². The fourth-order valence-electron chi connectivity index (χ4n) is 2.34. The summed E-state index contributed by atoms with van der Waals surface area (Å²) in [6.07, 6.45) is 5.29. The first-order chi connectivity index (χ1) is 10.2. The molecule has 108 valence electrons. The molecule has 1 fully saturated rings. The molecular formula is C17H17NO2S. The fourth-order valence-corrected chi connectivity index (χ4v) is 3.00. The Balaban J connectivity index is 1.75. The lowest BCUT2D eigenvalue weighted by Crippen LogP contribution is -2.24. The van der Waals surface area contributed by atoms with Gasteiger partial charge in [-0.1, -0.05) is 12.1 Å². The third-order valence-electron chi connectivity index (χ3n) is 3.56. The van der Waals surface area contributed by atoms with Crippen LogP contribution in [-0.2, 0) is 11.3 Å². The number of aliphatic carboxylic acids is 1. The van der Waals surface area contributed by atoms with E-state index in [-0.39, 0.29) is 0 Å². The Labute approximate surface area is 128 Å². The van der Waals surface area contributed by atoms with Crippen LogP contribution in [0, 0.1) is 0 Å². The minimum Gasteiger partial charge on any atom is -0.478 e. The maximum absolute atomic E-state index is 10.5. The van der Waals surface area contributed by atoms with E-state index in [9.17, 15) is 4.79 Å². The normalized spacial score (nSPS) is 14.5. The molecule has 0 aliphatic heterocycles. The first-order valence-corrected chi connectivity index (χ1v) is 7.95.